The fraction of sp³-hybridized carbons (Fsp3) is 0.440. The highest BCUT2D eigenvalue weighted by molar-refractivity contribution is 6.01. The van der Waals surface area contributed by atoms with Gasteiger partial charge < -0.3 is 14.6 Å². The lowest BCUT2D eigenvalue weighted by atomic mass is 9.88. The lowest BCUT2D eigenvalue weighted by Gasteiger charge is -2.21. The third-order valence-corrected chi connectivity index (χ3v) is 5.55. The number of rotatable bonds is 9. The minimum absolute atomic E-state index is 0.116. The van der Waals surface area contributed by atoms with Gasteiger partial charge in [0.15, 0.2) is 0 Å². The summed E-state index contributed by atoms with van der Waals surface area (Å²) in [5.74, 6) is 0.215. The Hall–Kier alpha value is -2.84. The van der Waals surface area contributed by atoms with Gasteiger partial charge in [-0.3, -0.25) is 4.79 Å². The van der Waals surface area contributed by atoms with Crippen molar-refractivity contribution in [2.45, 2.75) is 46.6 Å². The van der Waals surface area contributed by atoms with Crippen LogP contribution in [0.15, 0.2) is 42.0 Å². The van der Waals surface area contributed by atoms with Gasteiger partial charge in [-0.2, -0.15) is 5.26 Å². The standard InChI is InChI=1S/C25H33N3O2/c1-17(2)24(21-10-8-7-9-11-21)15-27-25(29)23(14-26)13-22-12-18(3)28(20(22)5)19(4)16-30-6/h7-13,17,19,24H,15-16H2,1-6H3,(H,27,29)/b23-13-. The van der Waals surface area contributed by atoms with Crippen LogP contribution < -0.4 is 5.32 Å². The first-order chi connectivity index (χ1) is 14.3. The SMILES string of the molecule is COCC(C)n1c(C)cc(/C=C(/C#N)C(=O)NCC(c2ccccc2)C(C)C)c1C. The molecule has 5 nitrogen and oxygen atoms in total. The number of benzene rings is 1. The molecular weight excluding hydrogens is 374 g/mol. The van der Waals surface area contributed by atoms with E-state index in [0.29, 0.717) is 19.1 Å². The normalized spacial score (nSPS) is 13.7. The van der Waals surface area contributed by atoms with E-state index in [2.05, 4.69) is 48.9 Å². The number of carbonyl (C=O) groups excluding carboxylic acids is 1. The van der Waals surface area contributed by atoms with Crippen LogP contribution in [0.4, 0.5) is 0 Å². The zero-order chi connectivity index (χ0) is 22.3. The van der Waals surface area contributed by atoms with Crippen molar-refractivity contribution < 1.29 is 9.53 Å². The van der Waals surface area contributed by atoms with Gasteiger partial charge in [0.1, 0.15) is 11.6 Å². The number of nitriles is 1. The first-order valence-electron chi connectivity index (χ1n) is 10.4. The van der Waals surface area contributed by atoms with Gasteiger partial charge >= 0.3 is 0 Å². The first kappa shape index (κ1) is 23.4. The summed E-state index contributed by atoms with van der Waals surface area (Å²) in [6, 6.07) is 14.4. The van der Waals surface area contributed by atoms with E-state index in [9.17, 15) is 10.1 Å². The Bertz CT molecular complexity index is 920. The molecule has 0 saturated heterocycles. The fourth-order valence-electron chi connectivity index (χ4n) is 3.98. The molecule has 1 N–H and O–H groups in total. The van der Waals surface area contributed by atoms with Crippen molar-refractivity contribution in [1.82, 2.24) is 9.88 Å². The van der Waals surface area contributed by atoms with Crippen molar-refractivity contribution in [2.24, 2.45) is 5.92 Å². The number of ether oxygens (including phenoxy) is 1. The van der Waals surface area contributed by atoms with Gasteiger partial charge in [-0.25, -0.2) is 0 Å². The van der Waals surface area contributed by atoms with Crippen molar-refractivity contribution >= 4 is 12.0 Å². The maximum atomic E-state index is 12.7. The van der Waals surface area contributed by atoms with E-state index < -0.39 is 0 Å². The highest BCUT2D eigenvalue weighted by Crippen LogP contribution is 2.24. The van der Waals surface area contributed by atoms with Crippen LogP contribution >= 0.6 is 0 Å². The molecule has 0 aliphatic rings. The molecule has 1 aromatic heterocycles. The van der Waals surface area contributed by atoms with Gasteiger partial charge in [0.2, 0.25) is 0 Å². The molecule has 1 amide bonds. The molecule has 5 heteroatoms. The minimum atomic E-state index is -0.339. The van der Waals surface area contributed by atoms with Crippen LogP contribution in [0.5, 0.6) is 0 Å². The van der Waals surface area contributed by atoms with Crippen LogP contribution in [-0.2, 0) is 9.53 Å². The third kappa shape index (κ3) is 5.61. The number of aryl methyl sites for hydroxylation is 1. The second-order valence-corrected chi connectivity index (χ2v) is 8.14. The lowest BCUT2D eigenvalue weighted by molar-refractivity contribution is -0.117. The molecule has 0 radical (unpaired) electrons. The van der Waals surface area contributed by atoms with E-state index in [1.54, 1.807) is 13.2 Å². The number of carbonyl (C=O) groups is 1. The predicted molar refractivity (Wildman–Crippen MR) is 121 cm³/mol. The van der Waals surface area contributed by atoms with Gasteiger partial charge in [-0.05, 0) is 50.0 Å². The Morgan fingerprint density at radius 1 is 1.23 bits per heavy atom. The van der Waals surface area contributed by atoms with Crippen molar-refractivity contribution in [3.8, 4) is 6.07 Å². The maximum Gasteiger partial charge on any atom is 0.261 e. The Kier molecular flexibility index (Phi) is 8.44. The number of nitrogens with zero attached hydrogens (tertiary/aromatic N) is 2. The van der Waals surface area contributed by atoms with Crippen LogP contribution in [0.3, 0.4) is 0 Å². The molecule has 1 aromatic carbocycles. The average Bonchev–Trinajstić information content (AvgIpc) is 2.99. The zero-order valence-electron chi connectivity index (χ0n) is 18.9. The van der Waals surface area contributed by atoms with Crippen molar-refractivity contribution in [2.75, 3.05) is 20.3 Å². The van der Waals surface area contributed by atoms with Gasteiger partial charge in [-0.1, -0.05) is 44.2 Å². The number of aromatic nitrogens is 1. The van der Waals surface area contributed by atoms with E-state index in [1.807, 2.05) is 38.1 Å². The van der Waals surface area contributed by atoms with Gasteiger partial charge in [0.25, 0.3) is 5.91 Å². The largest absolute Gasteiger partial charge is 0.383 e. The number of amides is 1. The molecule has 0 saturated carbocycles. The molecule has 1 heterocycles. The van der Waals surface area contributed by atoms with Crippen molar-refractivity contribution in [3.05, 3.63) is 64.5 Å². The van der Waals surface area contributed by atoms with Crippen LogP contribution in [0.2, 0.25) is 0 Å². The molecule has 160 valence electrons. The molecule has 2 aromatic rings. The van der Waals surface area contributed by atoms with Crippen LogP contribution in [0.1, 0.15) is 55.2 Å². The Balaban J connectivity index is 2.19. The molecule has 0 bridgehead atoms. The number of methoxy groups -OCH3 is 1. The number of nitrogens with one attached hydrogen (secondary N) is 1. The van der Waals surface area contributed by atoms with E-state index in [1.165, 1.54) is 5.56 Å². The van der Waals surface area contributed by atoms with Crippen molar-refractivity contribution in [1.29, 1.82) is 5.26 Å². The summed E-state index contributed by atoms with van der Waals surface area (Å²) in [5, 5.41) is 12.6. The highest BCUT2D eigenvalue weighted by Gasteiger charge is 2.19. The zero-order valence-corrected chi connectivity index (χ0v) is 18.9. The van der Waals surface area contributed by atoms with Gasteiger partial charge in [0, 0.05) is 31.0 Å². The highest BCUT2D eigenvalue weighted by atomic mass is 16.5. The van der Waals surface area contributed by atoms with Crippen LogP contribution in [0, 0.1) is 31.1 Å². The second-order valence-electron chi connectivity index (χ2n) is 8.14. The monoisotopic (exact) mass is 407 g/mol. The van der Waals surface area contributed by atoms with Gasteiger partial charge in [0.05, 0.1) is 12.6 Å². The van der Waals surface area contributed by atoms with Crippen LogP contribution in [0.25, 0.3) is 6.08 Å². The minimum Gasteiger partial charge on any atom is -0.383 e. The summed E-state index contributed by atoms with van der Waals surface area (Å²) in [6.45, 7) is 11.5. The molecule has 2 rings (SSSR count). The Morgan fingerprint density at radius 3 is 2.47 bits per heavy atom. The fourth-order valence-corrected chi connectivity index (χ4v) is 3.98. The topological polar surface area (TPSA) is 67.0 Å². The van der Waals surface area contributed by atoms with Crippen LogP contribution in [-0.4, -0.2) is 30.7 Å². The summed E-state index contributed by atoms with van der Waals surface area (Å²) in [4.78, 5) is 12.7. The van der Waals surface area contributed by atoms with E-state index >= 15 is 0 Å². The second kappa shape index (κ2) is 10.8. The molecule has 0 spiro atoms. The number of hydrogen-bond acceptors (Lipinski definition) is 3. The first-order valence-corrected chi connectivity index (χ1v) is 10.4. The molecule has 0 aliphatic carbocycles. The molecule has 2 unspecified atom stereocenters. The maximum absolute atomic E-state index is 12.7. The summed E-state index contributed by atoms with van der Waals surface area (Å²) < 4.78 is 7.45. The van der Waals surface area contributed by atoms with E-state index in [4.69, 9.17) is 4.74 Å². The molecule has 30 heavy (non-hydrogen) atoms. The van der Waals surface area contributed by atoms with E-state index in [0.717, 1.165) is 17.0 Å². The molecule has 0 aliphatic heterocycles. The summed E-state index contributed by atoms with van der Waals surface area (Å²) in [5.41, 5.74) is 4.27. The van der Waals surface area contributed by atoms with E-state index in [-0.39, 0.29) is 23.4 Å². The molecule has 2 atom stereocenters. The summed E-state index contributed by atoms with van der Waals surface area (Å²) >= 11 is 0. The average molecular weight is 408 g/mol. The third-order valence-electron chi connectivity index (χ3n) is 5.55. The molecule has 0 fully saturated rings. The smallest absolute Gasteiger partial charge is 0.261 e. The quantitative estimate of drug-likeness (QED) is 0.481. The Morgan fingerprint density at radius 2 is 1.90 bits per heavy atom. The predicted octanol–water partition coefficient (Wildman–Crippen LogP) is 4.78. The molecular formula is C25H33N3O2. The Labute approximate surface area is 180 Å². The lowest BCUT2D eigenvalue weighted by Crippen LogP contribution is -2.31. The summed E-state index contributed by atoms with van der Waals surface area (Å²) in [7, 11) is 1.68. The van der Waals surface area contributed by atoms with Crippen molar-refractivity contribution in [3.63, 3.8) is 0 Å². The summed E-state index contributed by atoms with van der Waals surface area (Å²) in [6.07, 6.45) is 1.68. The number of hydrogen-bond donors (Lipinski definition) is 1. The van der Waals surface area contributed by atoms with Gasteiger partial charge in [-0.15, -0.1) is 0 Å².